The van der Waals surface area contributed by atoms with Crippen LogP contribution in [0.2, 0.25) is 0 Å². The molecular formula is C15H28N4O. The quantitative estimate of drug-likeness (QED) is 0.857. The summed E-state index contributed by atoms with van der Waals surface area (Å²) in [5, 5.41) is 7.95. The molecule has 0 aliphatic heterocycles. The Kier molecular flexibility index (Phi) is 4.70. The van der Waals surface area contributed by atoms with E-state index in [-0.39, 0.29) is 5.41 Å². The highest BCUT2D eigenvalue weighted by molar-refractivity contribution is 5.34. The van der Waals surface area contributed by atoms with Gasteiger partial charge in [0.2, 0.25) is 0 Å². The van der Waals surface area contributed by atoms with Gasteiger partial charge in [0.05, 0.1) is 25.5 Å². The van der Waals surface area contributed by atoms with Gasteiger partial charge >= 0.3 is 0 Å². The van der Waals surface area contributed by atoms with E-state index in [0.29, 0.717) is 6.04 Å². The largest absolute Gasteiger partial charge is 0.493 e. The van der Waals surface area contributed by atoms with Crippen LogP contribution in [0.5, 0.6) is 5.75 Å². The Morgan fingerprint density at radius 1 is 1.55 bits per heavy atom. The minimum Gasteiger partial charge on any atom is -0.493 e. The zero-order valence-corrected chi connectivity index (χ0v) is 13.4. The molecule has 0 aromatic carbocycles. The molecule has 1 aromatic heterocycles. The Morgan fingerprint density at radius 3 is 2.85 bits per heavy atom. The molecule has 0 bridgehead atoms. The summed E-state index contributed by atoms with van der Waals surface area (Å²) in [6, 6.07) is 0.599. The van der Waals surface area contributed by atoms with Gasteiger partial charge in [-0.25, -0.2) is 0 Å². The average molecular weight is 280 g/mol. The van der Waals surface area contributed by atoms with Crippen LogP contribution in [0, 0.1) is 0 Å². The Labute approximate surface area is 122 Å². The maximum atomic E-state index is 5.56. The van der Waals surface area contributed by atoms with E-state index < -0.39 is 0 Å². The summed E-state index contributed by atoms with van der Waals surface area (Å²) in [4.78, 5) is 2.19. The Bertz CT molecular complexity index is 443. The van der Waals surface area contributed by atoms with Crippen molar-refractivity contribution in [3.05, 3.63) is 11.9 Å². The molecule has 0 radical (unpaired) electrons. The Balaban J connectivity index is 2.26. The molecule has 1 aromatic rings. The van der Waals surface area contributed by atoms with Crippen molar-refractivity contribution in [3.63, 3.8) is 0 Å². The molecule has 0 amide bonds. The standard InChI is InChI=1S/C15H28N4O/c1-15(7-6-12(10-15)16-2)14-13(20-5)11-17-19(14)9-8-18(3)4/h11-12,16H,6-10H2,1-5H3. The smallest absolute Gasteiger partial charge is 0.160 e. The van der Waals surface area contributed by atoms with Crippen LogP contribution in [-0.4, -0.2) is 55.5 Å². The van der Waals surface area contributed by atoms with Crippen LogP contribution in [0.4, 0.5) is 0 Å². The lowest BCUT2D eigenvalue weighted by atomic mass is 9.84. The van der Waals surface area contributed by atoms with Gasteiger partial charge in [0, 0.05) is 18.0 Å². The predicted octanol–water partition coefficient (Wildman–Crippen LogP) is 1.48. The summed E-state index contributed by atoms with van der Waals surface area (Å²) in [5.74, 6) is 0.933. The second-order valence-corrected chi connectivity index (χ2v) is 6.38. The number of nitrogens with zero attached hydrogens (tertiary/aromatic N) is 3. The van der Waals surface area contributed by atoms with E-state index in [1.54, 1.807) is 7.11 Å². The number of ether oxygens (including phenoxy) is 1. The summed E-state index contributed by atoms with van der Waals surface area (Å²) in [7, 11) is 7.98. The van der Waals surface area contributed by atoms with E-state index in [1.165, 1.54) is 18.5 Å². The van der Waals surface area contributed by atoms with E-state index in [4.69, 9.17) is 4.74 Å². The van der Waals surface area contributed by atoms with Crippen molar-refractivity contribution in [2.45, 2.75) is 44.2 Å². The molecule has 0 spiro atoms. The van der Waals surface area contributed by atoms with Crippen LogP contribution in [0.1, 0.15) is 31.9 Å². The molecule has 1 saturated carbocycles. The fourth-order valence-corrected chi connectivity index (χ4v) is 3.29. The van der Waals surface area contributed by atoms with E-state index in [2.05, 4.69) is 48.1 Å². The van der Waals surface area contributed by atoms with Crippen molar-refractivity contribution in [2.75, 3.05) is 34.8 Å². The van der Waals surface area contributed by atoms with Gasteiger partial charge in [0.25, 0.3) is 0 Å². The number of hydrogen-bond donors (Lipinski definition) is 1. The van der Waals surface area contributed by atoms with Gasteiger partial charge in [0.1, 0.15) is 0 Å². The summed E-state index contributed by atoms with van der Waals surface area (Å²) >= 11 is 0. The molecule has 5 heteroatoms. The molecule has 1 aliphatic carbocycles. The summed E-state index contributed by atoms with van der Waals surface area (Å²) in [5.41, 5.74) is 1.42. The topological polar surface area (TPSA) is 42.3 Å². The second kappa shape index (κ2) is 6.14. The van der Waals surface area contributed by atoms with E-state index in [0.717, 1.165) is 25.3 Å². The molecule has 2 atom stereocenters. The van der Waals surface area contributed by atoms with Gasteiger partial charge in [-0.3, -0.25) is 4.68 Å². The molecule has 1 heterocycles. The fourth-order valence-electron chi connectivity index (χ4n) is 3.29. The van der Waals surface area contributed by atoms with Crippen LogP contribution in [0.3, 0.4) is 0 Å². The first-order valence-corrected chi connectivity index (χ1v) is 7.42. The van der Waals surface area contributed by atoms with Gasteiger partial charge in [-0.05, 0) is 40.4 Å². The molecule has 1 aliphatic rings. The van der Waals surface area contributed by atoms with Crippen LogP contribution in [0.25, 0.3) is 0 Å². The second-order valence-electron chi connectivity index (χ2n) is 6.38. The number of nitrogens with one attached hydrogen (secondary N) is 1. The Morgan fingerprint density at radius 2 is 2.30 bits per heavy atom. The SMILES string of the molecule is CNC1CCC(C)(c2c(OC)cnn2CCN(C)C)C1. The summed E-state index contributed by atoms with van der Waals surface area (Å²) < 4.78 is 7.70. The first kappa shape index (κ1) is 15.3. The van der Waals surface area contributed by atoms with Gasteiger partial charge < -0.3 is 15.0 Å². The normalized spacial score (nSPS) is 26.4. The summed E-state index contributed by atoms with van der Waals surface area (Å²) in [6.45, 7) is 4.24. The minimum absolute atomic E-state index is 0.155. The van der Waals surface area contributed by atoms with Gasteiger partial charge in [0.15, 0.2) is 5.75 Å². The van der Waals surface area contributed by atoms with Crippen molar-refractivity contribution in [2.24, 2.45) is 0 Å². The fraction of sp³-hybridized carbons (Fsp3) is 0.800. The van der Waals surface area contributed by atoms with Gasteiger partial charge in [-0.1, -0.05) is 6.92 Å². The van der Waals surface area contributed by atoms with Crippen molar-refractivity contribution >= 4 is 0 Å². The monoisotopic (exact) mass is 280 g/mol. The van der Waals surface area contributed by atoms with Gasteiger partial charge in [-0.2, -0.15) is 5.10 Å². The first-order valence-electron chi connectivity index (χ1n) is 7.42. The molecule has 1 N–H and O–H groups in total. The number of hydrogen-bond acceptors (Lipinski definition) is 4. The maximum absolute atomic E-state index is 5.56. The molecule has 1 fully saturated rings. The van der Waals surface area contributed by atoms with Gasteiger partial charge in [-0.15, -0.1) is 0 Å². The van der Waals surface area contributed by atoms with E-state index in [9.17, 15) is 0 Å². The third-order valence-corrected chi connectivity index (χ3v) is 4.51. The molecule has 20 heavy (non-hydrogen) atoms. The maximum Gasteiger partial charge on any atom is 0.160 e. The third-order valence-electron chi connectivity index (χ3n) is 4.51. The van der Waals surface area contributed by atoms with E-state index >= 15 is 0 Å². The molecule has 0 saturated heterocycles. The minimum atomic E-state index is 0.155. The number of aromatic nitrogens is 2. The zero-order valence-electron chi connectivity index (χ0n) is 13.4. The number of likely N-dealkylation sites (N-methyl/N-ethyl adjacent to an activating group) is 1. The molecule has 114 valence electrons. The highest BCUT2D eigenvalue weighted by atomic mass is 16.5. The molecule has 2 unspecified atom stereocenters. The molecule has 5 nitrogen and oxygen atoms in total. The molecule has 2 rings (SSSR count). The van der Waals surface area contributed by atoms with Crippen LogP contribution in [-0.2, 0) is 12.0 Å². The lowest BCUT2D eigenvalue weighted by Crippen LogP contribution is -2.29. The van der Waals surface area contributed by atoms with Crippen LogP contribution in [0.15, 0.2) is 6.20 Å². The zero-order chi connectivity index (χ0) is 14.8. The lowest BCUT2D eigenvalue weighted by Gasteiger charge is -2.27. The van der Waals surface area contributed by atoms with E-state index in [1.807, 2.05) is 6.20 Å². The highest BCUT2D eigenvalue weighted by Crippen LogP contribution is 2.44. The lowest BCUT2D eigenvalue weighted by molar-refractivity contribution is 0.337. The number of rotatable bonds is 6. The number of methoxy groups -OCH3 is 1. The molecular weight excluding hydrogens is 252 g/mol. The Hall–Kier alpha value is -1.07. The van der Waals surface area contributed by atoms with Crippen molar-refractivity contribution in [1.29, 1.82) is 0 Å². The van der Waals surface area contributed by atoms with Crippen LogP contribution >= 0.6 is 0 Å². The van der Waals surface area contributed by atoms with Crippen molar-refractivity contribution in [3.8, 4) is 5.75 Å². The van der Waals surface area contributed by atoms with Crippen LogP contribution < -0.4 is 10.1 Å². The summed E-state index contributed by atoms with van der Waals surface area (Å²) in [6.07, 6.45) is 5.41. The average Bonchev–Trinajstić information content (AvgIpc) is 3.00. The predicted molar refractivity (Wildman–Crippen MR) is 81.4 cm³/mol. The first-order chi connectivity index (χ1) is 9.50. The van der Waals surface area contributed by atoms with Crippen molar-refractivity contribution < 1.29 is 4.74 Å². The highest BCUT2D eigenvalue weighted by Gasteiger charge is 2.40. The third kappa shape index (κ3) is 2.99. The van der Waals surface area contributed by atoms with Crippen molar-refractivity contribution in [1.82, 2.24) is 20.0 Å².